The van der Waals surface area contributed by atoms with Crippen molar-refractivity contribution in [1.82, 2.24) is 10.3 Å². The maximum absolute atomic E-state index is 11.8. The van der Waals surface area contributed by atoms with Gasteiger partial charge >= 0.3 is 0 Å². The molecule has 1 fully saturated rings. The van der Waals surface area contributed by atoms with Crippen LogP contribution in [-0.4, -0.2) is 23.0 Å². The molecule has 0 aliphatic heterocycles. The summed E-state index contributed by atoms with van der Waals surface area (Å²) in [6.07, 6.45) is 9.10. The van der Waals surface area contributed by atoms with Gasteiger partial charge in [-0.05, 0) is 37.0 Å². The lowest BCUT2D eigenvalue weighted by Gasteiger charge is -2.22. The number of aromatic nitrogens is 1. The molecule has 4 heteroatoms. The normalized spacial score (nSPS) is 17.6. The first kappa shape index (κ1) is 13.0. The Morgan fingerprint density at radius 1 is 1.33 bits per heavy atom. The predicted octanol–water partition coefficient (Wildman–Crippen LogP) is 1.40. The Balaban J connectivity index is 1.69. The summed E-state index contributed by atoms with van der Waals surface area (Å²) in [5.74, 6) is 0.0773. The highest BCUT2D eigenvalue weighted by atomic mass is 16.1. The third kappa shape index (κ3) is 3.81. The van der Waals surface area contributed by atoms with Crippen LogP contribution in [0.4, 0.5) is 0 Å². The molecule has 1 aromatic rings. The number of hydrogen-bond donors (Lipinski definition) is 2. The van der Waals surface area contributed by atoms with Gasteiger partial charge in [-0.25, -0.2) is 0 Å². The Morgan fingerprint density at radius 2 is 2.00 bits per heavy atom. The molecule has 1 amide bonds. The molecule has 0 aromatic carbocycles. The molecular weight excluding hydrogens is 226 g/mol. The molecule has 1 aliphatic carbocycles. The lowest BCUT2D eigenvalue weighted by atomic mass is 9.94. The summed E-state index contributed by atoms with van der Waals surface area (Å²) in [6, 6.07) is 3.93. The maximum atomic E-state index is 11.8. The van der Waals surface area contributed by atoms with Crippen LogP contribution >= 0.6 is 0 Å². The largest absolute Gasteiger partial charge is 0.356 e. The second-order valence-electron chi connectivity index (χ2n) is 5.20. The second kappa shape index (κ2) is 5.96. The molecule has 1 aromatic heterocycles. The van der Waals surface area contributed by atoms with Crippen molar-refractivity contribution in [2.75, 3.05) is 6.54 Å². The average Bonchev–Trinajstić information content (AvgIpc) is 2.77. The molecular formula is C14H21N3O. The summed E-state index contributed by atoms with van der Waals surface area (Å²) in [6.45, 7) is 0.666. The molecule has 1 aliphatic rings. The average molecular weight is 247 g/mol. The number of nitrogens with two attached hydrogens (primary N) is 1. The summed E-state index contributed by atoms with van der Waals surface area (Å²) < 4.78 is 0. The van der Waals surface area contributed by atoms with Crippen LogP contribution in [0.25, 0.3) is 0 Å². The highest BCUT2D eigenvalue weighted by molar-refractivity contribution is 5.77. The number of nitrogens with zero attached hydrogens (tertiary/aromatic N) is 1. The van der Waals surface area contributed by atoms with E-state index in [4.69, 9.17) is 5.73 Å². The highest BCUT2D eigenvalue weighted by Crippen LogP contribution is 2.29. The van der Waals surface area contributed by atoms with E-state index in [1.54, 1.807) is 12.4 Å². The molecule has 0 bridgehead atoms. The van der Waals surface area contributed by atoms with E-state index in [1.165, 1.54) is 5.56 Å². The summed E-state index contributed by atoms with van der Waals surface area (Å²) in [5, 5.41) is 2.94. The zero-order chi connectivity index (χ0) is 12.8. The molecule has 18 heavy (non-hydrogen) atoms. The van der Waals surface area contributed by atoms with Gasteiger partial charge in [0, 0.05) is 30.9 Å². The molecule has 0 radical (unpaired) electrons. The minimum atomic E-state index is -0.249. The SMILES string of the molecule is NC1(CC(=O)NCCc2ccncc2)CCCC1. The third-order valence-corrected chi connectivity index (χ3v) is 3.60. The van der Waals surface area contributed by atoms with Crippen LogP contribution in [0.5, 0.6) is 0 Å². The number of nitrogens with one attached hydrogen (secondary N) is 1. The number of rotatable bonds is 5. The molecule has 1 heterocycles. The van der Waals surface area contributed by atoms with Gasteiger partial charge in [0.15, 0.2) is 0 Å². The van der Waals surface area contributed by atoms with E-state index in [-0.39, 0.29) is 11.4 Å². The third-order valence-electron chi connectivity index (χ3n) is 3.60. The molecule has 0 saturated heterocycles. The van der Waals surface area contributed by atoms with Crippen molar-refractivity contribution in [3.63, 3.8) is 0 Å². The fourth-order valence-corrected chi connectivity index (χ4v) is 2.53. The zero-order valence-electron chi connectivity index (χ0n) is 10.7. The van der Waals surface area contributed by atoms with Crippen molar-refractivity contribution >= 4 is 5.91 Å². The van der Waals surface area contributed by atoms with E-state index < -0.39 is 0 Å². The molecule has 0 unspecified atom stereocenters. The van der Waals surface area contributed by atoms with E-state index in [2.05, 4.69) is 10.3 Å². The van der Waals surface area contributed by atoms with Crippen LogP contribution < -0.4 is 11.1 Å². The lowest BCUT2D eigenvalue weighted by Crippen LogP contribution is -2.42. The fourth-order valence-electron chi connectivity index (χ4n) is 2.53. The van der Waals surface area contributed by atoms with Crippen molar-refractivity contribution in [3.8, 4) is 0 Å². The van der Waals surface area contributed by atoms with Gasteiger partial charge in [0.05, 0.1) is 0 Å². The summed E-state index contributed by atoms with van der Waals surface area (Å²) >= 11 is 0. The van der Waals surface area contributed by atoms with Gasteiger partial charge in [-0.15, -0.1) is 0 Å². The van der Waals surface area contributed by atoms with E-state index in [9.17, 15) is 4.79 Å². The molecule has 3 N–H and O–H groups in total. The van der Waals surface area contributed by atoms with Crippen LogP contribution in [0, 0.1) is 0 Å². The summed E-state index contributed by atoms with van der Waals surface area (Å²) in [5.41, 5.74) is 7.11. The monoisotopic (exact) mass is 247 g/mol. The number of carbonyl (C=O) groups excluding carboxylic acids is 1. The maximum Gasteiger partial charge on any atom is 0.221 e. The Kier molecular flexibility index (Phi) is 4.31. The first-order valence-electron chi connectivity index (χ1n) is 6.62. The van der Waals surface area contributed by atoms with Crippen LogP contribution in [0.15, 0.2) is 24.5 Å². The fraction of sp³-hybridized carbons (Fsp3) is 0.571. The van der Waals surface area contributed by atoms with E-state index in [0.29, 0.717) is 13.0 Å². The van der Waals surface area contributed by atoms with Crippen molar-refractivity contribution < 1.29 is 4.79 Å². The van der Waals surface area contributed by atoms with Gasteiger partial charge in [0.1, 0.15) is 0 Å². The quantitative estimate of drug-likeness (QED) is 0.826. The van der Waals surface area contributed by atoms with E-state index >= 15 is 0 Å². The van der Waals surface area contributed by atoms with Gasteiger partial charge < -0.3 is 11.1 Å². The van der Waals surface area contributed by atoms with Gasteiger partial charge in [-0.1, -0.05) is 12.8 Å². The standard InChI is InChI=1S/C14H21N3O/c15-14(6-1-2-7-14)11-13(18)17-10-5-12-3-8-16-9-4-12/h3-4,8-9H,1-2,5-7,10-11,15H2,(H,17,18). The van der Waals surface area contributed by atoms with Gasteiger partial charge in [0.25, 0.3) is 0 Å². The van der Waals surface area contributed by atoms with E-state index in [1.807, 2.05) is 12.1 Å². The predicted molar refractivity (Wildman–Crippen MR) is 71.0 cm³/mol. The Bertz CT molecular complexity index is 385. The second-order valence-corrected chi connectivity index (χ2v) is 5.20. The van der Waals surface area contributed by atoms with E-state index in [0.717, 1.165) is 32.1 Å². The first-order chi connectivity index (χ1) is 8.68. The summed E-state index contributed by atoms with van der Waals surface area (Å²) in [4.78, 5) is 15.8. The minimum absolute atomic E-state index is 0.0773. The molecule has 98 valence electrons. The van der Waals surface area contributed by atoms with Gasteiger partial charge in [0.2, 0.25) is 5.91 Å². The van der Waals surface area contributed by atoms with Crippen LogP contribution in [0.2, 0.25) is 0 Å². The minimum Gasteiger partial charge on any atom is -0.356 e. The zero-order valence-corrected chi connectivity index (χ0v) is 10.7. The smallest absolute Gasteiger partial charge is 0.221 e. The van der Waals surface area contributed by atoms with Crippen molar-refractivity contribution in [2.45, 2.75) is 44.1 Å². The highest BCUT2D eigenvalue weighted by Gasteiger charge is 2.31. The number of pyridine rings is 1. The van der Waals surface area contributed by atoms with Gasteiger partial charge in [-0.3, -0.25) is 9.78 Å². The molecule has 0 atom stereocenters. The Labute approximate surface area is 108 Å². The first-order valence-corrected chi connectivity index (χ1v) is 6.62. The lowest BCUT2D eigenvalue weighted by molar-refractivity contribution is -0.122. The molecule has 0 spiro atoms. The van der Waals surface area contributed by atoms with Crippen molar-refractivity contribution in [1.29, 1.82) is 0 Å². The number of carbonyl (C=O) groups is 1. The molecule has 1 saturated carbocycles. The van der Waals surface area contributed by atoms with Crippen LogP contribution in [0.3, 0.4) is 0 Å². The van der Waals surface area contributed by atoms with Crippen LogP contribution in [0.1, 0.15) is 37.7 Å². The Hall–Kier alpha value is -1.42. The van der Waals surface area contributed by atoms with Gasteiger partial charge in [-0.2, -0.15) is 0 Å². The van der Waals surface area contributed by atoms with Crippen LogP contribution in [-0.2, 0) is 11.2 Å². The summed E-state index contributed by atoms with van der Waals surface area (Å²) in [7, 11) is 0. The molecule has 2 rings (SSSR count). The number of hydrogen-bond acceptors (Lipinski definition) is 3. The molecule has 4 nitrogen and oxygen atoms in total. The van der Waals surface area contributed by atoms with Crippen molar-refractivity contribution in [2.24, 2.45) is 5.73 Å². The topological polar surface area (TPSA) is 68.0 Å². The Morgan fingerprint density at radius 3 is 2.67 bits per heavy atom. The van der Waals surface area contributed by atoms with Crippen molar-refractivity contribution in [3.05, 3.63) is 30.1 Å². The number of amides is 1.